The van der Waals surface area contributed by atoms with Gasteiger partial charge in [0.25, 0.3) is 0 Å². The van der Waals surface area contributed by atoms with Crippen molar-refractivity contribution in [1.82, 2.24) is 0 Å². The fourth-order valence-electron chi connectivity index (χ4n) is 3.03. The van der Waals surface area contributed by atoms with Gasteiger partial charge in [0.15, 0.2) is 0 Å². The summed E-state index contributed by atoms with van der Waals surface area (Å²) in [4.78, 5) is 2.62. The summed E-state index contributed by atoms with van der Waals surface area (Å²) >= 11 is 9.87. The average Bonchev–Trinajstić information content (AvgIpc) is 2.93. The third kappa shape index (κ3) is 4.14. The van der Waals surface area contributed by atoms with Crippen molar-refractivity contribution in [3.8, 4) is 0 Å². The van der Waals surface area contributed by atoms with Crippen molar-refractivity contribution < 1.29 is 0 Å². The van der Waals surface area contributed by atoms with Crippen LogP contribution in [0.5, 0.6) is 0 Å². The number of anilines is 1. The van der Waals surface area contributed by atoms with E-state index in [1.54, 1.807) is 0 Å². The molecule has 0 aromatic heterocycles. The highest BCUT2D eigenvalue weighted by molar-refractivity contribution is 9.08. The highest BCUT2D eigenvalue weighted by Gasteiger charge is 2.24. The van der Waals surface area contributed by atoms with Crippen LogP contribution in [0, 0.1) is 5.92 Å². The fourth-order valence-corrected chi connectivity index (χ4v) is 3.67. The van der Waals surface area contributed by atoms with E-state index in [0.717, 1.165) is 22.8 Å². The zero-order chi connectivity index (χ0) is 14.5. The number of benzene rings is 1. The summed E-state index contributed by atoms with van der Waals surface area (Å²) in [6, 6.07) is 7.00. The van der Waals surface area contributed by atoms with Crippen LogP contribution in [0.15, 0.2) is 18.2 Å². The van der Waals surface area contributed by atoms with Gasteiger partial charge < -0.3 is 4.90 Å². The Bertz CT molecular complexity index is 427. The summed E-state index contributed by atoms with van der Waals surface area (Å²) in [5.74, 6) is 0.741. The summed E-state index contributed by atoms with van der Waals surface area (Å²) in [6.45, 7) is 5.75. The molecular formula is C17H25BrClN. The van der Waals surface area contributed by atoms with E-state index < -0.39 is 0 Å². The van der Waals surface area contributed by atoms with E-state index in [2.05, 4.69) is 46.8 Å². The highest BCUT2D eigenvalue weighted by Crippen LogP contribution is 2.33. The molecule has 0 heterocycles. The monoisotopic (exact) mass is 357 g/mol. The molecule has 0 saturated heterocycles. The van der Waals surface area contributed by atoms with Gasteiger partial charge in [0.2, 0.25) is 0 Å². The molecule has 1 nitrogen and oxygen atoms in total. The molecule has 1 aromatic rings. The maximum Gasteiger partial charge on any atom is 0.0426 e. The van der Waals surface area contributed by atoms with E-state index in [0.29, 0.717) is 6.04 Å². The molecule has 1 fully saturated rings. The van der Waals surface area contributed by atoms with Gasteiger partial charge >= 0.3 is 0 Å². The number of rotatable bonds is 6. The van der Waals surface area contributed by atoms with Gasteiger partial charge in [-0.05, 0) is 42.9 Å². The van der Waals surface area contributed by atoms with E-state index in [-0.39, 0.29) is 0 Å². The minimum absolute atomic E-state index is 0.699. The largest absolute Gasteiger partial charge is 0.368 e. The lowest BCUT2D eigenvalue weighted by atomic mass is 10.1. The van der Waals surface area contributed by atoms with E-state index in [4.69, 9.17) is 11.6 Å². The predicted molar refractivity (Wildman–Crippen MR) is 93.1 cm³/mol. The Kier molecular flexibility index (Phi) is 6.22. The second-order valence-electron chi connectivity index (χ2n) is 6.22. The van der Waals surface area contributed by atoms with Gasteiger partial charge in [0.05, 0.1) is 0 Å². The smallest absolute Gasteiger partial charge is 0.0426 e. The Morgan fingerprint density at radius 1 is 1.30 bits per heavy atom. The number of hydrogen-bond donors (Lipinski definition) is 0. The van der Waals surface area contributed by atoms with Gasteiger partial charge in [-0.2, -0.15) is 0 Å². The van der Waals surface area contributed by atoms with Crippen molar-refractivity contribution in [3.63, 3.8) is 0 Å². The number of hydrogen-bond acceptors (Lipinski definition) is 1. The van der Waals surface area contributed by atoms with Crippen molar-refractivity contribution in [2.24, 2.45) is 5.92 Å². The summed E-state index contributed by atoms with van der Waals surface area (Å²) in [5.41, 5.74) is 2.69. The average molecular weight is 359 g/mol. The molecule has 2 rings (SSSR count). The van der Waals surface area contributed by atoms with E-state index in [1.165, 1.54) is 43.4 Å². The third-order valence-corrected chi connectivity index (χ3v) is 5.05. The van der Waals surface area contributed by atoms with Gasteiger partial charge in [-0.25, -0.2) is 0 Å². The van der Waals surface area contributed by atoms with Crippen molar-refractivity contribution in [3.05, 3.63) is 28.8 Å². The first-order valence-corrected chi connectivity index (χ1v) is 9.22. The normalized spacial score (nSPS) is 16.1. The molecule has 1 aromatic carbocycles. The summed E-state index contributed by atoms with van der Waals surface area (Å²) in [5, 5.41) is 1.74. The molecule has 20 heavy (non-hydrogen) atoms. The maximum absolute atomic E-state index is 6.25. The predicted octanol–water partition coefficient (Wildman–Crippen LogP) is 6.03. The van der Waals surface area contributed by atoms with Gasteiger partial charge in [-0.1, -0.05) is 60.3 Å². The van der Waals surface area contributed by atoms with Crippen LogP contribution in [-0.2, 0) is 5.33 Å². The molecule has 0 N–H and O–H groups in total. The minimum atomic E-state index is 0.699. The molecule has 0 radical (unpaired) electrons. The molecule has 112 valence electrons. The SMILES string of the molecule is CC(C)CCN(c1cc(Cl)ccc1CBr)C1CCCC1. The molecule has 1 saturated carbocycles. The van der Waals surface area contributed by atoms with Crippen LogP contribution in [0.2, 0.25) is 5.02 Å². The summed E-state index contributed by atoms with van der Waals surface area (Å²) in [7, 11) is 0. The van der Waals surface area contributed by atoms with E-state index in [1.807, 2.05) is 6.07 Å². The lowest BCUT2D eigenvalue weighted by Crippen LogP contribution is -2.35. The molecule has 1 aliphatic rings. The second kappa shape index (κ2) is 7.70. The highest BCUT2D eigenvalue weighted by atomic mass is 79.9. The van der Waals surface area contributed by atoms with Crippen LogP contribution in [0.1, 0.15) is 51.5 Å². The maximum atomic E-state index is 6.25. The van der Waals surface area contributed by atoms with Crippen molar-refractivity contribution >= 4 is 33.2 Å². The van der Waals surface area contributed by atoms with Crippen LogP contribution in [-0.4, -0.2) is 12.6 Å². The van der Waals surface area contributed by atoms with Crippen LogP contribution < -0.4 is 4.90 Å². The zero-order valence-electron chi connectivity index (χ0n) is 12.5. The third-order valence-electron chi connectivity index (χ3n) is 4.21. The number of alkyl halides is 1. The molecule has 0 bridgehead atoms. The fraction of sp³-hybridized carbons (Fsp3) is 0.647. The first-order chi connectivity index (χ1) is 9.61. The second-order valence-corrected chi connectivity index (χ2v) is 7.22. The molecular weight excluding hydrogens is 334 g/mol. The van der Waals surface area contributed by atoms with Gasteiger partial charge in [-0.3, -0.25) is 0 Å². The lowest BCUT2D eigenvalue weighted by molar-refractivity contribution is 0.528. The molecule has 0 amide bonds. The van der Waals surface area contributed by atoms with E-state index in [9.17, 15) is 0 Å². The Morgan fingerprint density at radius 2 is 2.00 bits per heavy atom. The number of nitrogens with zero attached hydrogens (tertiary/aromatic N) is 1. The summed E-state index contributed by atoms with van der Waals surface area (Å²) in [6.07, 6.45) is 6.63. The van der Waals surface area contributed by atoms with Crippen molar-refractivity contribution in [1.29, 1.82) is 0 Å². The summed E-state index contributed by atoms with van der Waals surface area (Å²) < 4.78 is 0. The van der Waals surface area contributed by atoms with Gasteiger partial charge in [0.1, 0.15) is 0 Å². The Labute approximate surface area is 136 Å². The van der Waals surface area contributed by atoms with Gasteiger partial charge in [0, 0.05) is 28.6 Å². The van der Waals surface area contributed by atoms with Crippen LogP contribution in [0.3, 0.4) is 0 Å². The molecule has 0 aliphatic heterocycles. The first kappa shape index (κ1) is 16.2. The Morgan fingerprint density at radius 3 is 2.60 bits per heavy atom. The molecule has 3 heteroatoms. The van der Waals surface area contributed by atoms with Crippen LogP contribution in [0.25, 0.3) is 0 Å². The van der Waals surface area contributed by atoms with Crippen LogP contribution in [0.4, 0.5) is 5.69 Å². The molecule has 0 spiro atoms. The zero-order valence-corrected chi connectivity index (χ0v) is 14.9. The van der Waals surface area contributed by atoms with Crippen LogP contribution >= 0.6 is 27.5 Å². The lowest BCUT2D eigenvalue weighted by Gasteiger charge is -2.33. The molecule has 1 aliphatic carbocycles. The number of halogens is 2. The molecule has 0 unspecified atom stereocenters. The Balaban J connectivity index is 2.26. The minimum Gasteiger partial charge on any atom is -0.368 e. The Hall–Kier alpha value is -0.210. The van der Waals surface area contributed by atoms with Crippen molar-refractivity contribution in [2.45, 2.75) is 57.3 Å². The topological polar surface area (TPSA) is 3.24 Å². The first-order valence-electron chi connectivity index (χ1n) is 7.73. The van der Waals surface area contributed by atoms with Crippen molar-refractivity contribution in [2.75, 3.05) is 11.4 Å². The van der Waals surface area contributed by atoms with Gasteiger partial charge in [-0.15, -0.1) is 0 Å². The van der Waals surface area contributed by atoms with E-state index >= 15 is 0 Å². The molecule has 0 atom stereocenters. The standard InChI is InChI=1S/C17H25BrClN/c1-13(2)9-10-20(16-5-3-4-6-16)17-11-15(19)8-7-14(17)12-18/h7-8,11,13,16H,3-6,9-10,12H2,1-2H3. The quantitative estimate of drug-likeness (QED) is 0.561.